The number of aromatic amines is 1. The van der Waals surface area contributed by atoms with E-state index in [0.29, 0.717) is 11.8 Å². The molecule has 0 aliphatic carbocycles. The van der Waals surface area contributed by atoms with E-state index in [9.17, 15) is 4.79 Å². The molecule has 2 fully saturated rings. The molecule has 156 valence electrons. The molecule has 3 aromatic rings. The molecule has 0 spiro atoms. The van der Waals surface area contributed by atoms with Crippen molar-refractivity contribution in [2.75, 3.05) is 31.1 Å². The van der Waals surface area contributed by atoms with Gasteiger partial charge in [0.1, 0.15) is 12.1 Å². The summed E-state index contributed by atoms with van der Waals surface area (Å²) in [5.41, 5.74) is 4.35. The molecule has 3 aromatic heterocycles. The van der Waals surface area contributed by atoms with Crippen LogP contribution in [0, 0.1) is 39.5 Å². The van der Waals surface area contributed by atoms with Crippen LogP contribution in [-0.2, 0) is 0 Å². The van der Waals surface area contributed by atoms with E-state index in [4.69, 9.17) is 0 Å². The van der Waals surface area contributed by atoms with Gasteiger partial charge in [0.05, 0.1) is 17.0 Å². The first-order chi connectivity index (χ1) is 14.4. The summed E-state index contributed by atoms with van der Waals surface area (Å²) in [5.74, 6) is 2.70. The minimum absolute atomic E-state index is 0.0912. The Labute approximate surface area is 175 Å². The van der Waals surface area contributed by atoms with Crippen LogP contribution in [0.1, 0.15) is 33.1 Å². The minimum atomic E-state index is 0.0912. The van der Waals surface area contributed by atoms with Crippen molar-refractivity contribution in [3.8, 4) is 5.82 Å². The third-order valence-electron chi connectivity index (χ3n) is 6.30. The maximum Gasteiger partial charge on any atom is 0.257 e. The molecule has 0 saturated carbocycles. The van der Waals surface area contributed by atoms with Gasteiger partial charge in [-0.1, -0.05) is 0 Å². The fraction of sp³-hybridized carbons (Fsp3) is 0.476. The second-order valence-electron chi connectivity index (χ2n) is 8.52. The maximum absolute atomic E-state index is 13.0. The highest BCUT2D eigenvalue weighted by atomic mass is 16.2. The van der Waals surface area contributed by atoms with Crippen LogP contribution in [0.25, 0.3) is 5.82 Å². The Morgan fingerprint density at radius 2 is 1.70 bits per heavy atom. The van der Waals surface area contributed by atoms with Crippen LogP contribution >= 0.6 is 0 Å². The summed E-state index contributed by atoms with van der Waals surface area (Å²) in [6.07, 6.45) is 1.61. The van der Waals surface area contributed by atoms with Crippen molar-refractivity contribution in [2.45, 2.75) is 27.7 Å². The van der Waals surface area contributed by atoms with E-state index in [-0.39, 0.29) is 5.91 Å². The van der Waals surface area contributed by atoms with Crippen LogP contribution in [-0.4, -0.2) is 66.9 Å². The van der Waals surface area contributed by atoms with Gasteiger partial charge in [0.2, 0.25) is 0 Å². The molecule has 30 heavy (non-hydrogen) atoms. The molecule has 9 nitrogen and oxygen atoms in total. The molecule has 0 aromatic carbocycles. The summed E-state index contributed by atoms with van der Waals surface area (Å²) in [5, 5.41) is 11.6. The van der Waals surface area contributed by atoms with E-state index in [1.54, 1.807) is 6.33 Å². The highest BCUT2D eigenvalue weighted by molar-refractivity contribution is 5.96. The van der Waals surface area contributed by atoms with Gasteiger partial charge in [-0.15, -0.1) is 0 Å². The monoisotopic (exact) mass is 406 g/mol. The zero-order valence-electron chi connectivity index (χ0n) is 17.8. The predicted octanol–water partition coefficient (Wildman–Crippen LogP) is 1.83. The number of nitrogens with one attached hydrogen (secondary N) is 1. The van der Waals surface area contributed by atoms with Gasteiger partial charge in [-0.2, -0.15) is 10.2 Å². The van der Waals surface area contributed by atoms with E-state index < -0.39 is 0 Å². The number of aromatic nitrogens is 6. The standard InChI is InChI=1S/C21H26N8O/c1-12-5-13(2)29(26-12)19-6-18(22-11-23-19)27-7-16-9-28(10-17(16)8-27)21(30)20-14(3)24-25-15(20)4/h5-6,11,16-17H,7-10H2,1-4H3,(H,24,25). The Balaban J connectivity index is 1.30. The molecule has 5 heterocycles. The van der Waals surface area contributed by atoms with Gasteiger partial charge in [0.25, 0.3) is 5.91 Å². The Hall–Kier alpha value is -3.23. The summed E-state index contributed by atoms with van der Waals surface area (Å²) in [6.45, 7) is 11.1. The first-order valence-corrected chi connectivity index (χ1v) is 10.3. The highest BCUT2D eigenvalue weighted by Gasteiger charge is 2.42. The average molecular weight is 406 g/mol. The largest absolute Gasteiger partial charge is 0.356 e. The van der Waals surface area contributed by atoms with Crippen molar-refractivity contribution < 1.29 is 4.79 Å². The maximum atomic E-state index is 13.0. The second-order valence-corrected chi connectivity index (χ2v) is 8.52. The third-order valence-corrected chi connectivity index (χ3v) is 6.30. The van der Waals surface area contributed by atoms with Gasteiger partial charge in [0.15, 0.2) is 5.82 Å². The number of fused-ring (bicyclic) bond motifs is 1. The number of carbonyl (C=O) groups excluding carboxylic acids is 1. The molecule has 0 radical (unpaired) electrons. The number of likely N-dealkylation sites (tertiary alicyclic amines) is 1. The number of rotatable bonds is 3. The third kappa shape index (κ3) is 3.05. The SMILES string of the molecule is Cc1cc(C)n(-c2cc(N3CC4CN(C(=O)c5c(C)n[nH]c5C)CC4C3)ncn2)n1. The molecular formula is C21H26N8O. The lowest BCUT2D eigenvalue weighted by atomic mass is 10.0. The number of hydrogen-bond acceptors (Lipinski definition) is 6. The Morgan fingerprint density at radius 1 is 1.00 bits per heavy atom. The summed E-state index contributed by atoms with van der Waals surface area (Å²) in [7, 11) is 0. The predicted molar refractivity (Wildman–Crippen MR) is 112 cm³/mol. The molecule has 2 unspecified atom stereocenters. The van der Waals surface area contributed by atoms with Crippen molar-refractivity contribution in [3.05, 3.63) is 46.8 Å². The number of nitrogens with zero attached hydrogens (tertiary/aromatic N) is 7. The summed E-state index contributed by atoms with van der Waals surface area (Å²) >= 11 is 0. The fourth-order valence-corrected chi connectivity index (χ4v) is 4.86. The van der Waals surface area contributed by atoms with E-state index in [2.05, 4.69) is 30.2 Å². The molecule has 2 saturated heterocycles. The lowest BCUT2D eigenvalue weighted by Gasteiger charge is -2.23. The quantitative estimate of drug-likeness (QED) is 0.713. The fourth-order valence-electron chi connectivity index (χ4n) is 4.86. The Bertz CT molecular complexity index is 1080. The number of hydrogen-bond donors (Lipinski definition) is 1. The first-order valence-electron chi connectivity index (χ1n) is 10.3. The number of anilines is 1. The number of H-pyrrole nitrogens is 1. The van der Waals surface area contributed by atoms with Gasteiger partial charge < -0.3 is 9.80 Å². The molecule has 9 heteroatoms. The number of carbonyl (C=O) groups is 1. The lowest BCUT2D eigenvalue weighted by molar-refractivity contribution is 0.0781. The second kappa shape index (κ2) is 6.93. The van der Waals surface area contributed by atoms with Crippen LogP contribution in [0.3, 0.4) is 0 Å². The Kier molecular flexibility index (Phi) is 4.34. The van der Waals surface area contributed by atoms with Crippen LogP contribution < -0.4 is 4.90 Å². The van der Waals surface area contributed by atoms with Crippen molar-refractivity contribution in [1.29, 1.82) is 0 Å². The molecular weight excluding hydrogens is 380 g/mol. The topological polar surface area (TPSA) is 95.8 Å². The van der Waals surface area contributed by atoms with Gasteiger partial charge >= 0.3 is 0 Å². The van der Waals surface area contributed by atoms with Gasteiger partial charge in [-0.25, -0.2) is 14.6 Å². The van der Waals surface area contributed by atoms with Crippen LogP contribution in [0.15, 0.2) is 18.5 Å². The highest BCUT2D eigenvalue weighted by Crippen LogP contribution is 2.34. The summed E-state index contributed by atoms with van der Waals surface area (Å²) in [6, 6.07) is 4.04. The van der Waals surface area contributed by atoms with Crippen LogP contribution in [0.2, 0.25) is 0 Å². The minimum Gasteiger partial charge on any atom is -0.356 e. The normalized spacial score (nSPS) is 20.8. The molecule has 1 amide bonds. The first kappa shape index (κ1) is 18.8. The summed E-state index contributed by atoms with van der Waals surface area (Å²) in [4.78, 5) is 26.2. The van der Waals surface area contributed by atoms with E-state index in [0.717, 1.165) is 66.2 Å². The van der Waals surface area contributed by atoms with Crippen molar-refractivity contribution in [1.82, 2.24) is 34.8 Å². The molecule has 2 atom stereocenters. The van der Waals surface area contributed by atoms with Crippen molar-refractivity contribution in [2.24, 2.45) is 11.8 Å². The van der Waals surface area contributed by atoms with Gasteiger partial charge in [-0.05, 0) is 33.8 Å². The van der Waals surface area contributed by atoms with Gasteiger partial charge in [-0.3, -0.25) is 9.89 Å². The number of amides is 1. The zero-order chi connectivity index (χ0) is 21.0. The van der Waals surface area contributed by atoms with Crippen molar-refractivity contribution in [3.63, 3.8) is 0 Å². The molecule has 0 bridgehead atoms. The average Bonchev–Trinajstić information content (AvgIpc) is 3.45. The lowest BCUT2D eigenvalue weighted by Crippen LogP contribution is -2.34. The van der Waals surface area contributed by atoms with E-state index >= 15 is 0 Å². The molecule has 2 aliphatic rings. The van der Waals surface area contributed by atoms with Crippen LogP contribution in [0.4, 0.5) is 5.82 Å². The molecule has 5 rings (SSSR count). The van der Waals surface area contributed by atoms with Crippen LogP contribution in [0.5, 0.6) is 0 Å². The van der Waals surface area contributed by atoms with Crippen molar-refractivity contribution >= 4 is 11.7 Å². The zero-order valence-corrected chi connectivity index (χ0v) is 17.8. The van der Waals surface area contributed by atoms with Gasteiger partial charge in [0, 0.05) is 55.5 Å². The Morgan fingerprint density at radius 3 is 2.30 bits per heavy atom. The van der Waals surface area contributed by atoms with E-state index in [1.165, 1.54) is 0 Å². The molecule has 2 aliphatic heterocycles. The van der Waals surface area contributed by atoms with E-state index in [1.807, 2.05) is 49.4 Å². The molecule has 1 N–H and O–H groups in total. The smallest absolute Gasteiger partial charge is 0.257 e. The number of aryl methyl sites for hydroxylation is 4. The summed E-state index contributed by atoms with van der Waals surface area (Å²) < 4.78 is 1.85.